The summed E-state index contributed by atoms with van der Waals surface area (Å²) < 4.78 is 35.0. The molecule has 0 saturated carbocycles. The molecular formula is C22H20N6O4S. The van der Waals surface area contributed by atoms with Crippen LogP contribution in [0.5, 0.6) is 0 Å². The smallest absolute Gasteiger partial charge is 0.322 e. The number of rotatable bonds is 5. The average molecular weight is 465 g/mol. The van der Waals surface area contributed by atoms with E-state index in [0.717, 1.165) is 18.4 Å². The normalized spacial score (nSPS) is 13.5. The van der Waals surface area contributed by atoms with Gasteiger partial charge in [-0.25, -0.2) is 8.42 Å². The maximum absolute atomic E-state index is 13.2. The van der Waals surface area contributed by atoms with E-state index in [9.17, 15) is 13.2 Å². The lowest BCUT2D eigenvalue weighted by Crippen LogP contribution is -2.35. The fraction of sp³-hybridized carbons (Fsp3) is 0.182. The molecule has 4 aromatic rings. The number of amides is 1. The summed E-state index contributed by atoms with van der Waals surface area (Å²) in [5, 5.41) is 14.3. The minimum Gasteiger partial charge on any atom is -0.401 e. The van der Waals surface area contributed by atoms with E-state index < -0.39 is 15.9 Å². The van der Waals surface area contributed by atoms with Gasteiger partial charge < -0.3 is 4.42 Å². The van der Waals surface area contributed by atoms with Crippen LogP contribution in [0.15, 0.2) is 70.1 Å². The Labute approximate surface area is 189 Å². The van der Waals surface area contributed by atoms with Gasteiger partial charge in [0.15, 0.2) is 0 Å². The number of anilines is 2. The number of carbonyl (C=O) groups is 1. The van der Waals surface area contributed by atoms with Gasteiger partial charge in [-0.2, -0.15) is 5.10 Å². The number of hydrogen-bond donors (Lipinski definition) is 1. The SMILES string of the molecule is Cn1nccc1-c1nnc(NC(=O)c2ccc(S(=O)(=O)N3CCCc4ccccc43)cc2)o1. The van der Waals surface area contributed by atoms with Gasteiger partial charge in [0.25, 0.3) is 21.8 Å². The van der Waals surface area contributed by atoms with E-state index in [0.29, 0.717) is 17.9 Å². The van der Waals surface area contributed by atoms with E-state index in [1.165, 1.54) is 28.6 Å². The maximum atomic E-state index is 13.2. The highest BCUT2D eigenvalue weighted by atomic mass is 32.2. The summed E-state index contributed by atoms with van der Waals surface area (Å²) >= 11 is 0. The molecule has 3 heterocycles. The number of aryl methyl sites for hydroxylation is 2. The van der Waals surface area contributed by atoms with Crippen LogP contribution in [-0.4, -0.2) is 40.8 Å². The van der Waals surface area contributed by atoms with Crippen molar-refractivity contribution < 1.29 is 17.6 Å². The number of benzene rings is 2. The molecule has 1 aliphatic heterocycles. The first kappa shape index (κ1) is 20.9. The third-order valence-corrected chi connectivity index (χ3v) is 7.29. The zero-order valence-electron chi connectivity index (χ0n) is 17.7. The zero-order chi connectivity index (χ0) is 23.0. The molecule has 0 spiro atoms. The lowest BCUT2D eigenvalue weighted by atomic mass is 10.0. The minimum atomic E-state index is -3.75. The number of aromatic nitrogens is 4. The first-order valence-electron chi connectivity index (χ1n) is 10.3. The Hall–Kier alpha value is -3.99. The molecule has 2 aromatic carbocycles. The number of hydrogen-bond acceptors (Lipinski definition) is 7. The van der Waals surface area contributed by atoms with Crippen molar-refractivity contribution in [2.75, 3.05) is 16.2 Å². The quantitative estimate of drug-likeness (QED) is 0.482. The van der Waals surface area contributed by atoms with Crippen LogP contribution < -0.4 is 9.62 Å². The first-order valence-corrected chi connectivity index (χ1v) is 11.7. The molecule has 0 bridgehead atoms. The molecule has 1 aliphatic rings. The van der Waals surface area contributed by atoms with Crippen LogP contribution in [0, 0.1) is 0 Å². The van der Waals surface area contributed by atoms with Crippen molar-refractivity contribution in [3.8, 4) is 11.6 Å². The van der Waals surface area contributed by atoms with Crippen LogP contribution in [0.1, 0.15) is 22.3 Å². The van der Waals surface area contributed by atoms with Gasteiger partial charge in [-0.05, 0) is 54.8 Å². The summed E-state index contributed by atoms with van der Waals surface area (Å²) in [6, 6.07) is 14.9. The van der Waals surface area contributed by atoms with Gasteiger partial charge in [0.05, 0.1) is 10.6 Å². The lowest BCUT2D eigenvalue weighted by Gasteiger charge is -2.30. The second-order valence-electron chi connectivity index (χ2n) is 7.54. The Morgan fingerprint density at radius 1 is 1.06 bits per heavy atom. The summed E-state index contributed by atoms with van der Waals surface area (Å²) in [5.41, 5.74) is 2.57. The molecule has 0 saturated heterocycles. The molecule has 0 aliphatic carbocycles. The number of carbonyl (C=O) groups excluding carboxylic acids is 1. The van der Waals surface area contributed by atoms with Gasteiger partial charge in [0.1, 0.15) is 5.69 Å². The lowest BCUT2D eigenvalue weighted by molar-refractivity contribution is 0.102. The number of para-hydroxylation sites is 1. The van der Waals surface area contributed by atoms with Gasteiger partial charge in [-0.15, -0.1) is 5.10 Å². The Morgan fingerprint density at radius 2 is 1.85 bits per heavy atom. The highest BCUT2D eigenvalue weighted by Gasteiger charge is 2.29. The van der Waals surface area contributed by atoms with Crippen molar-refractivity contribution in [1.29, 1.82) is 0 Å². The van der Waals surface area contributed by atoms with Crippen molar-refractivity contribution in [1.82, 2.24) is 20.0 Å². The fourth-order valence-electron chi connectivity index (χ4n) is 3.78. The fourth-order valence-corrected chi connectivity index (χ4v) is 5.33. The number of fused-ring (bicyclic) bond motifs is 1. The molecule has 11 heteroatoms. The summed E-state index contributed by atoms with van der Waals surface area (Å²) in [6.45, 7) is 0.414. The van der Waals surface area contributed by atoms with Crippen LogP contribution >= 0.6 is 0 Å². The summed E-state index contributed by atoms with van der Waals surface area (Å²) in [6.07, 6.45) is 3.19. The monoisotopic (exact) mass is 464 g/mol. The second kappa shape index (κ2) is 8.17. The molecule has 2 aromatic heterocycles. The third kappa shape index (κ3) is 3.87. The predicted octanol–water partition coefficient (Wildman–Crippen LogP) is 2.86. The Kier molecular flexibility index (Phi) is 5.17. The van der Waals surface area contributed by atoms with Crippen LogP contribution in [0.3, 0.4) is 0 Å². The van der Waals surface area contributed by atoms with Crippen LogP contribution in [-0.2, 0) is 23.5 Å². The van der Waals surface area contributed by atoms with Gasteiger partial charge in [-0.3, -0.25) is 19.1 Å². The Bertz CT molecular complexity index is 1430. The Morgan fingerprint density at radius 3 is 2.61 bits per heavy atom. The highest BCUT2D eigenvalue weighted by Crippen LogP contribution is 2.31. The maximum Gasteiger partial charge on any atom is 0.322 e. The molecule has 0 fully saturated rings. The van der Waals surface area contributed by atoms with Crippen LogP contribution in [0.4, 0.5) is 11.7 Å². The van der Waals surface area contributed by atoms with E-state index >= 15 is 0 Å². The van der Waals surface area contributed by atoms with Gasteiger partial charge in [0.2, 0.25) is 0 Å². The van der Waals surface area contributed by atoms with Crippen LogP contribution in [0.25, 0.3) is 11.6 Å². The molecule has 1 amide bonds. The molecule has 33 heavy (non-hydrogen) atoms. The largest absolute Gasteiger partial charge is 0.401 e. The Balaban J connectivity index is 1.33. The average Bonchev–Trinajstić information content (AvgIpc) is 3.47. The molecule has 0 atom stereocenters. The van der Waals surface area contributed by atoms with E-state index in [-0.39, 0.29) is 22.4 Å². The highest BCUT2D eigenvalue weighted by molar-refractivity contribution is 7.92. The third-order valence-electron chi connectivity index (χ3n) is 5.46. The molecule has 5 rings (SSSR count). The van der Waals surface area contributed by atoms with E-state index in [4.69, 9.17) is 4.42 Å². The van der Waals surface area contributed by atoms with E-state index in [1.54, 1.807) is 24.0 Å². The van der Waals surface area contributed by atoms with Crippen molar-refractivity contribution in [2.24, 2.45) is 7.05 Å². The number of nitrogens with zero attached hydrogens (tertiary/aromatic N) is 5. The van der Waals surface area contributed by atoms with Crippen molar-refractivity contribution >= 4 is 27.6 Å². The van der Waals surface area contributed by atoms with Crippen LogP contribution in [0.2, 0.25) is 0 Å². The molecule has 1 N–H and O–H groups in total. The van der Waals surface area contributed by atoms with E-state index in [1.807, 2.05) is 24.3 Å². The van der Waals surface area contributed by atoms with Crippen molar-refractivity contribution in [3.05, 3.63) is 71.9 Å². The van der Waals surface area contributed by atoms with Gasteiger partial charge in [-0.1, -0.05) is 23.3 Å². The topological polar surface area (TPSA) is 123 Å². The van der Waals surface area contributed by atoms with E-state index in [2.05, 4.69) is 20.6 Å². The van der Waals surface area contributed by atoms with Gasteiger partial charge in [0, 0.05) is 25.4 Å². The second-order valence-corrected chi connectivity index (χ2v) is 9.40. The zero-order valence-corrected chi connectivity index (χ0v) is 18.5. The summed E-state index contributed by atoms with van der Waals surface area (Å²) in [7, 11) is -2.02. The molecule has 0 unspecified atom stereocenters. The number of nitrogens with one attached hydrogen (secondary N) is 1. The number of sulfonamides is 1. The molecular weight excluding hydrogens is 444 g/mol. The molecule has 10 nitrogen and oxygen atoms in total. The summed E-state index contributed by atoms with van der Waals surface area (Å²) in [4.78, 5) is 12.7. The minimum absolute atomic E-state index is 0.0715. The summed E-state index contributed by atoms with van der Waals surface area (Å²) in [5.74, 6) is -0.281. The molecule has 168 valence electrons. The molecule has 0 radical (unpaired) electrons. The predicted molar refractivity (Wildman–Crippen MR) is 120 cm³/mol. The van der Waals surface area contributed by atoms with Gasteiger partial charge >= 0.3 is 6.01 Å². The van der Waals surface area contributed by atoms with Crippen molar-refractivity contribution in [2.45, 2.75) is 17.7 Å². The standard InChI is InChI=1S/C22H20N6O4S/c1-27-19(12-13-23-27)21-25-26-22(32-21)24-20(29)16-8-10-17(11-9-16)33(30,31)28-14-4-6-15-5-2-3-7-18(15)28/h2-3,5,7-13H,4,6,14H2,1H3,(H,24,26,29). The van der Waals surface area contributed by atoms with Crippen molar-refractivity contribution in [3.63, 3.8) is 0 Å². The first-order chi connectivity index (χ1) is 15.9.